The van der Waals surface area contributed by atoms with Gasteiger partial charge in [-0.25, -0.2) is 4.39 Å². The Kier molecular flexibility index (Phi) is 3.43. The monoisotopic (exact) mass is 252 g/mol. The Morgan fingerprint density at radius 3 is 2.47 bits per heavy atom. The van der Waals surface area contributed by atoms with Crippen LogP contribution in [-0.2, 0) is 5.75 Å². The van der Waals surface area contributed by atoms with Crippen LogP contribution in [0.5, 0.6) is 0 Å². The molecule has 4 nitrogen and oxygen atoms in total. The van der Waals surface area contributed by atoms with Crippen LogP contribution in [0.1, 0.15) is 5.56 Å². The lowest BCUT2D eigenvalue weighted by molar-refractivity contribution is 0.627. The van der Waals surface area contributed by atoms with E-state index in [9.17, 15) is 14.0 Å². The number of hydrogen-bond donors (Lipinski definition) is 2. The molecule has 0 bridgehead atoms. The van der Waals surface area contributed by atoms with E-state index in [1.807, 2.05) is 0 Å². The summed E-state index contributed by atoms with van der Waals surface area (Å²) >= 11 is 1.35. The van der Waals surface area contributed by atoms with Crippen LogP contribution in [0.2, 0.25) is 0 Å². The zero-order chi connectivity index (χ0) is 12.3. The number of aromatic amines is 2. The zero-order valence-electron chi connectivity index (χ0n) is 8.70. The molecule has 1 heterocycles. The maximum Gasteiger partial charge on any atom is 0.314 e. The van der Waals surface area contributed by atoms with Crippen molar-refractivity contribution in [3.8, 4) is 0 Å². The van der Waals surface area contributed by atoms with Crippen molar-refractivity contribution in [2.24, 2.45) is 0 Å². The number of thioether (sulfide) groups is 1. The van der Waals surface area contributed by atoms with Crippen LogP contribution >= 0.6 is 11.8 Å². The Morgan fingerprint density at radius 2 is 1.82 bits per heavy atom. The summed E-state index contributed by atoms with van der Waals surface area (Å²) < 4.78 is 12.7. The second kappa shape index (κ2) is 5.01. The van der Waals surface area contributed by atoms with Crippen molar-refractivity contribution in [3.63, 3.8) is 0 Å². The number of aromatic nitrogens is 2. The number of hydrogen-bond acceptors (Lipinski definition) is 3. The second-order valence-corrected chi connectivity index (χ2v) is 4.37. The van der Waals surface area contributed by atoms with Crippen molar-refractivity contribution >= 4 is 11.8 Å². The third-order valence-corrected chi connectivity index (χ3v) is 3.09. The van der Waals surface area contributed by atoms with Gasteiger partial charge >= 0.3 is 11.1 Å². The van der Waals surface area contributed by atoms with Gasteiger partial charge in [0.05, 0.1) is 5.03 Å². The fourth-order valence-electron chi connectivity index (χ4n) is 1.22. The highest BCUT2D eigenvalue weighted by Crippen LogP contribution is 2.18. The van der Waals surface area contributed by atoms with Gasteiger partial charge in [0.1, 0.15) is 5.82 Å². The molecule has 2 aromatic rings. The van der Waals surface area contributed by atoms with E-state index < -0.39 is 11.1 Å². The van der Waals surface area contributed by atoms with E-state index in [1.165, 1.54) is 30.1 Å². The van der Waals surface area contributed by atoms with Gasteiger partial charge in [0.15, 0.2) is 0 Å². The Balaban J connectivity index is 2.07. The molecule has 0 aliphatic heterocycles. The van der Waals surface area contributed by atoms with Gasteiger partial charge < -0.3 is 9.97 Å². The molecule has 1 aromatic heterocycles. The van der Waals surface area contributed by atoms with Gasteiger partial charge in [0, 0.05) is 11.9 Å². The maximum absolute atomic E-state index is 12.7. The Morgan fingerprint density at radius 1 is 1.12 bits per heavy atom. The van der Waals surface area contributed by atoms with E-state index in [0.29, 0.717) is 10.8 Å². The van der Waals surface area contributed by atoms with Gasteiger partial charge in [-0.05, 0) is 17.7 Å². The SMILES string of the molecule is O=c1[nH]cc(SCc2ccc(F)cc2)[nH]c1=O. The molecule has 6 heteroatoms. The summed E-state index contributed by atoms with van der Waals surface area (Å²) in [6.07, 6.45) is 1.44. The fourth-order valence-corrected chi connectivity index (χ4v) is 2.04. The van der Waals surface area contributed by atoms with Gasteiger partial charge in [0.25, 0.3) is 0 Å². The highest BCUT2D eigenvalue weighted by atomic mass is 32.2. The molecule has 0 saturated carbocycles. The molecule has 88 valence electrons. The number of nitrogens with one attached hydrogen (secondary N) is 2. The third kappa shape index (κ3) is 3.07. The van der Waals surface area contributed by atoms with Crippen molar-refractivity contribution in [3.05, 3.63) is 62.6 Å². The van der Waals surface area contributed by atoms with Gasteiger partial charge in [-0.15, -0.1) is 11.8 Å². The van der Waals surface area contributed by atoms with Gasteiger partial charge in [0.2, 0.25) is 0 Å². The number of benzene rings is 1. The summed E-state index contributed by atoms with van der Waals surface area (Å²) in [6, 6.07) is 6.11. The quantitative estimate of drug-likeness (QED) is 0.642. The molecule has 0 unspecified atom stereocenters. The molecule has 0 aliphatic rings. The topological polar surface area (TPSA) is 65.7 Å². The van der Waals surface area contributed by atoms with Crippen LogP contribution in [0.3, 0.4) is 0 Å². The zero-order valence-corrected chi connectivity index (χ0v) is 9.51. The minimum Gasteiger partial charge on any atom is -0.322 e. The molecular weight excluding hydrogens is 243 g/mol. The largest absolute Gasteiger partial charge is 0.322 e. The van der Waals surface area contributed by atoms with Gasteiger partial charge in [-0.2, -0.15) is 0 Å². The first-order valence-electron chi connectivity index (χ1n) is 4.84. The van der Waals surface area contributed by atoms with Crippen LogP contribution < -0.4 is 11.1 Å². The number of halogens is 1. The first-order chi connectivity index (χ1) is 8.15. The average molecular weight is 252 g/mol. The Labute approximate surface area is 99.9 Å². The fraction of sp³-hybridized carbons (Fsp3) is 0.0909. The third-order valence-electron chi connectivity index (χ3n) is 2.08. The number of rotatable bonds is 3. The first-order valence-corrected chi connectivity index (χ1v) is 5.83. The van der Waals surface area contributed by atoms with E-state index in [0.717, 1.165) is 5.56 Å². The Hall–Kier alpha value is -1.82. The summed E-state index contributed by atoms with van der Waals surface area (Å²) in [4.78, 5) is 26.6. The molecule has 1 aromatic carbocycles. The van der Waals surface area contributed by atoms with Crippen molar-refractivity contribution in [2.45, 2.75) is 10.8 Å². The number of H-pyrrole nitrogens is 2. The lowest BCUT2D eigenvalue weighted by Crippen LogP contribution is -2.28. The molecule has 2 rings (SSSR count). The normalized spacial score (nSPS) is 10.4. The van der Waals surface area contributed by atoms with Crippen molar-refractivity contribution in [1.82, 2.24) is 9.97 Å². The molecule has 0 fully saturated rings. The molecule has 0 atom stereocenters. The van der Waals surface area contributed by atoms with E-state index in [-0.39, 0.29) is 5.82 Å². The average Bonchev–Trinajstić information content (AvgIpc) is 2.33. The predicted molar refractivity (Wildman–Crippen MR) is 63.6 cm³/mol. The van der Waals surface area contributed by atoms with Crippen LogP contribution in [0, 0.1) is 5.82 Å². The van der Waals surface area contributed by atoms with E-state index in [2.05, 4.69) is 9.97 Å². The summed E-state index contributed by atoms with van der Waals surface area (Å²) in [6.45, 7) is 0. The van der Waals surface area contributed by atoms with Crippen molar-refractivity contribution < 1.29 is 4.39 Å². The smallest absolute Gasteiger partial charge is 0.314 e. The summed E-state index contributed by atoms with van der Waals surface area (Å²) in [5.74, 6) is 0.304. The molecular formula is C11H9FN2O2S. The summed E-state index contributed by atoms with van der Waals surface area (Å²) in [7, 11) is 0. The van der Waals surface area contributed by atoms with E-state index in [4.69, 9.17) is 0 Å². The summed E-state index contributed by atoms with van der Waals surface area (Å²) in [5.41, 5.74) is -0.409. The molecule has 0 aliphatic carbocycles. The van der Waals surface area contributed by atoms with E-state index in [1.54, 1.807) is 12.1 Å². The highest BCUT2D eigenvalue weighted by Gasteiger charge is 1.99. The summed E-state index contributed by atoms with van der Waals surface area (Å²) in [5, 5.41) is 0.568. The lowest BCUT2D eigenvalue weighted by atomic mass is 10.2. The standard InChI is InChI=1S/C11H9FN2O2S/c12-8-3-1-7(2-4-8)6-17-9-5-13-10(15)11(16)14-9/h1-5H,6H2,(H,13,15)(H,14,16). The van der Waals surface area contributed by atoms with E-state index >= 15 is 0 Å². The Bertz CT molecular complexity index is 618. The van der Waals surface area contributed by atoms with Gasteiger partial charge in [-0.3, -0.25) is 9.59 Å². The van der Waals surface area contributed by atoms with Crippen LogP contribution in [0.25, 0.3) is 0 Å². The molecule has 0 radical (unpaired) electrons. The molecule has 0 spiro atoms. The van der Waals surface area contributed by atoms with Crippen molar-refractivity contribution in [2.75, 3.05) is 0 Å². The molecule has 0 amide bonds. The minimum absolute atomic E-state index is 0.281. The molecule has 2 N–H and O–H groups in total. The highest BCUT2D eigenvalue weighted by molar-refractivity contribution is 7.98. The van der Waals surface area contributed by atoms with Gasteiger partial charge in [-0.1, -0.05) is 12.1 Å². The predicted octanol–water partition coefficient (Wildman–Crippen LogP) is 1.49. The first kappa shape index (κ1) is 11.7. The van der Waals surface area contributed by atoms with Crippen LogP contribution in [0.4, 0.5) is 4.39 Å². The second-order valence-electron chi connectivity index (χ2n) is 3.35. The minimum atomic E-state index is -0.672. The maximum atomic E-state index is 12.7. The lowest BCUT2D eigenvalue weighted by Gasteiger charge is -2.01. The van der Waals surface area contributed by atoms with Crippen LogP contribution in [0.15, 0.2) is 45.1 Å². The van der Waals surface area contributed by atoms with Crippen molar-refractivity contribution in [1.29, 1.82) is 0 Å². The molecule has 17 heavy (non-hydrogen) atoms. The van der Waals surface area contributed by atoms with Crippen LogP contribution in [-0.4, -0.2) is 9.97 Å². The molecule has 0 saturated heterocycles.